The molecule has 130 valence electrons. The van der Waals surface area contributed by atoms with E-state index in [9.17, 15) is 10.1 Å². The Kier molecular flexibility index (Phi) is 4.14. The van der Waals surface area contributed by atoms with Crippen LogP contribution in [0, 0.1) is 16.7 Å². The van der Waals surface area contributed by atoms with Crippen LogP contribution >= 0.6 is 11.6 Å². The van der Waals surface area contributed by atoms with Crippen LogP contribution in [0.25, 0.3) is 22.4 Å². The zero-order valence-electron chi connectivity index (χ0n) is 14.1. The van der Waals surface area contributed by atoms with Gasteiger partial charge in [-0.3, -0.25) is 4.79 Å². The Morgan fingerprint density at radius 1 is 1.23 bits per heavy atom. The number of nitrogens with one attached hydrogen (secondary N) is 2. The Morgan fingerprint density at radius 2 is 2.00 bits per heavy atom. The Bertz CT molecular complexity index is 1030. The average Bonchev–Trinajstić information content (AvgIpc) is 3.29. The third-order valence-electron chi connectivity index (χ3n) is 4.97. The lowest BCUT2D eigenvalue weighted by Crippen LogP contribution is -2.32. The second-order valence-electron chi connectivity index (χ2n) is 6.65. The van der Waals surface area contributed by atoms with Crippen molar-refractivity contribution in [1.29, 1.82) is 5.26 Å². The van der Waals surface area contributed by atoms with E-state index in [1.165, 1.54) is 0 Å². The lowest BCUT2D eigenvalue weighted by molar-refractivity contribution is -0.122. The van der Waals surface area contributed by atoms with Crippen LogP contribution in [0.2, 0.25) is 5.02 Å². The molecule has 26 heavy (non-hydrogen) atoms. The molecule has 0 aliphatic heterocycles. The second kappa shape index (κ2) is 6.47. The molecule has 4 rings (SSSR count). The molecule has 1 fully saturated rings. The minimum Gasteiger partial charge on any atom is -0.338 e. The monoisotopic (exact) mass is 364 g/mol. The first kappa shape index (κ1) is 16.6. The van der Waals surface area contributed by atoms with E-state index in [0.717, 1.165) is 29.4 Å². The molecule has 0 bridgehead atoms. The Balaban J connectivity index is 1.63. The largest absolute Gasteiger partial charge is 0.338 e. The highest BCUT2D eigenvalue weighted by atomic mass is 35.5. The number of fused-ring (bicyclic) bond motifs is 1. The number of benzene rings is 2. The van der Waals surface area contributed by atoms with Gasteiger partial charge in [0.25, 0.3) is 0 Å². The number of nitriles is 1. The number of hydrogen-bond donors (Lipinski definition) is 2. The van der Waals surface area contributed by atoms with Crippen molar-refractivity contribution in [2.45, 2.75) is 25.7 Å². The standard InChI is InChI=1S/C20H17ClN4O/c21-15-6-2-1-5-14(15)18-24-16-8-7-13(11-17(16)25-18)23-19(26)20(12-22)9-3-4-10-20/h1-2,5-8,11H,3-4,9-10H2,(H,23,26)(H,24,25). The fraction of sp³-hybridized carbons (Fsp3) is 0.250. The van der Waals surface area contributed by atoms with Gasteiger partial charge in [0.05, 0.1) is 22.1 Å². The van der Waals surface area contributed by atoms with E-state index < -0.39 is 5.41 Å². The number of amides is 1. The topological polar surface area (TPSA) is 81.6 Å². The van der Waals surface area contributed by atoms with Crippen LogP contribution in [0.1, 0.15) is 25.7 Å². The Morgan fingerprint density at radius 3 is 2.73 bits per heavy atom. The molecule has 1 aliphatic carbocycles. The molecule has 1 amide bonds. The fourth-order valence-corrected chi connectivity index (χ4v) is 3.71. The molecule has 5 nitrogen and oxygen atoms in total. The average molecular weight is 365 g/mol. The molecule has 1 heterocycles. The lowest BCUT2D eigenvalue weighted by Gasteiger charge is -2.19. The predicted octanol–water partition coefficient (Wildman–Crippen LogP) is 4.91. The summed E-state index contributed by atoms with van der Waals surface area (Å²) in [6.07, 6.45) is 3.08. The van der Waals surface area contributed by atoms with Gasteiger partial charge in [0, 0.05) is 11.3 Å². The number of H-pyrrole nitrogens is 1. The molecule has 0 spiro atoms. The number of imidazole rings is 1. The number of rotatable bonds is 3. The summed E-state index contributed by atoms with van der Waals surface area (Å²) in [6, 6.07) is 15.2. The summed E-state index contributed by atoms with van der Waals surface area (Å²) in [5, 5.41) is 13.0. The maximum absolute atomic E-state index is 12.6. The zero-order chi connectivity index (χ0) is 18.1. The van der Waals surface area contributed by atoms with E-state index in [1.807, 2.05) is 36.4 Å². The van der Waals surface area contributed by atoms with Crippen molar-refractivity contribution in [3.8, 4) is 17.5 Å². The van der Waals surface area contributed by atoms with Gasteiger partial charge in [-0.15, -0.1) is 0 Å². The molecule has 2 aromatic carbocycles. The first-order valence-corrected chi connectivity index (χ1v) is 8.96. The highest BCUT2D eigenvalue weighted by molar-refractivity contribution is 6.33. The minimum absolute atomic E-state index is 0.220. The maximum atomic E-state index is 12.6. The van der Waals surface area contributed by atoms with Gasteiger partial charge in [0.1, 0.15) is 11.2 Å². The number of anilines is 1. The van der Waals surface area contributed by atoms with Crippen LogP contribution in [0.4, 0.5) is 5.69 Å². The molecule has 1 aromatic heterocycles. The smallest absolute Gasteiger partial charge is 0.244 e. The molecule has 0 atom stereocenters. The number of aromatic amines is 1. The summed E-state index contributed by atoms with van der Waals surface area (Å²) in [5.74, 6) is 0.459. The summed E-state index contributed by atoms with van der Waals surface area (Å²) in [7, 11) is 0. The van der Waals surface area contributed by atoms with Gasteiger partial charge >= 0.3 is 0 Å². The van der Waals surface area contributed by atoms with E-state index in [4.69, 9.17) is 11.6 Å². The van der Waals surface area contributed by atoms with Gasteiger partial charge in [-0.1, -0.05) is 36.6 Å². The fourth-order valence-electron chi connectivity index (χ4n) is 3.49. The van der Waals surface area contributed by atoms with Crippen molar-refractivity contribution in [1.82, 2.24) is 9.97 Å². The lowest BCUT2D eigenvalue weighted by atomic mass is 9.87. The van der Waals surface area contributed by atoms with Crippen molar-refractivity contribution in [2.24, 2.45) is 5.41 Å². The maximum Gasteiger partial charge on any atom is 0.244 e. The highest BCUT2D eigenvalue weighted by Crippen LogP contribution is 2.38. The van der Waals surface area contributed by atoms with Crippen LogP contribution in [0.3, 0.4) is 0 Å². The molecule has 3 aromatic rings. The Hall–Kier alpha value is -2.84. The van der Waals surface area contributed by atoms with Gasteiger partial charge in [-0.25, -0.2) is 4.98 Å². The van der Waals surface area contributed by atoms with Gasteiger partial charge in [0.2, 0.25) is 5.91 Å². The first-order chi connectivity index (χ1) is 12.6. The first-order valence-electron chi connectivity index (χ1n) is 8.59. The minimum atomic E-state index is -0.897. The molecular formula is C20H17ClN4O. The van der Waals surface area contributed by atoms with Gasteiger partial charge in [-0.05, 0) is 43.2 Å². The number of nitrogens with zero attached hydrogens (tertiary/aromatic N) is 2. The molecular weight excluding hydrogens is 348 g/mol. The zero-order valence-corrected chi connectivity index (χ0v) is 14.8. The van der Waals surface area contributed by atoms with Crippen LogP contribution in [-0.2, 0) is 4.79 Å². The predicted molar refractivity (Wildman–Crippen MR) is 102 cm³/mol. The summed E-state index contributed by atoms with van der Waals surface area (Å²) in [5.41, 5.74) is 2.17. The Labute approximate surface area is 156 Å². The van der Waals surface area contributed by atoms with Gasteiger partial charge < -0.3 is 10.3 Å². The van der Waals surface area contributed by atoms with Crippen molar-refractivity contribution in [3.63, 3.8) is 0 Å². The van der Waals surface area contributed by atoms with Crippen molar-refractivity contribution < 1.29 is 4.79 Å². The molecule has 0 radical (unpaired) electrons. The van der Waals surface area contributed by atoms with E-state index >= 15 is 0 Å². The third kappa shape index (κ3) is 2.83. The summed E-state index contributed by atoms with van der Waals surface area (Å²) in [6.45, 7) is 0. The number of aromatic nitrogens is 2. The number of halogens is 1. The molecule has 1 saturated carbocycles. The normalized spacial score (nSPS) is 15.7. The summed E-state index contributed by atoms with van der Waals surface area (Å²) < 4.78 is 0. The van der Waals surface area contributed by atoms with Crippen LogP contribution in [0.5, 0.6) is 0 Å². The number of carbonyl (C=O) groups excluding carboxylic acids is 1. The third-order valence-corrected chi connectivity index (χ3v) is 5.30. The van der Waals surface area contributed by atoms with E-state index in [0.29, 0.717) is 29.4 Å². The van der Waals surface area contributed by atoms with Crippen LogP contribution in [-0.4, -0.2) is 15.9 Å². The molecule has 1 aliphatic rings. The van der Waals surface area contributed by atoms with E-state index in [2.05, 4.69) is 21.4 Å². The van der Waals surface area contributed by atoms with Crippen molar-refractivity contribution in [2.75, 3.05) is 5.32 Å². The molecule has 6 heteroatoms. The van der Waals surface area contributed by atoms with E-state index in [1.54, 1.807) is 6.07 Å². The molecule has 2 N–H and O–H groups in total. The quantitative estimate of drug-likeness (QED) is 0.693. The molecule has 0 saturated heterocycles. The van der Waals surface area contributed by atoms with Gasteiger partial charge in [-0.2, -0.15) is 5.26 Å². The summed E-state index contributed by atoms with van der Waals surface area (Å²) >= 11 is 6.24. The van der Waals surface area contributed by atoms with E-state index in [-0.39, 0.29) is 5.91 Å². The summed E-state index contributed by atoms with van der Waals surface area (Å²) in [4.78, 5) is 20.4. The van der Waals surface area contributed by atoms with Crippen LogP contribution < -0.4 is 5.32 Å². The SMILES string of the molecule is N#CC1(C(=O)Nc2ccc3nc(-c4ccccc4Cl)[nH]c3c2)CCCC1. The van der Waals surface area contributed by atoms with Crippen molar-refractivity contribution >= 4 is 34.2 Å². The van der Waals surface area contributed by atoms with Crippen molar-refractivity contribution in [3.05, 3.63) is 47.5 Å². The highest BCUT2D eigenvalue weighted by Gasteiger charge is 2.41. The molecule has 0 unspecified atom stereocenters. The van der Waals surface area contributed by atoms with Gasteiger partial charge in [0.15, 0.2) is 0 Å². The number of carbonyl (C=O) groups is 1. The number of hydrogen-bond acceptors (Lipinski definition) is 3. The van der Waals surface area contributed by atoms with Crippen LogP contribution in [0.15, 0.2) is 42.5 Å². The second-order valence-corrected chi connectivity index (χ2v) is 7.06.